The molecule has 1 N–H and O–H groups in total. The Balaban J connectivity index is 2.97. The summed E-state index contributed by atoms with van der Waals surface area (Å²) in [5, 5.41) is 10.1. The zero-order chi connectivity index (χ0) is 10.9. The third kappa shape index (κ3) is 1.60. The van der Waals surface area contributed by atoms with Crippen molar-refractivity contribution in [3.05, 3.63) is 24.3 Å². The second kappa shape index (κ2) is 3.58. The first-order valence-corrected chi connectivity index (χ1v) is 4.75. The van der Waals surface area contributed by atoms with Gasteiger partial charge < -0.3 is 0 Å². The molecule has 1 saturated heterocycles. The van der Waals surface area contributed by atoms with Crippen LogP contribution >= 0.6 is 0 Å². The second-order valence-electron chi connectivity index (χ2n) is 4.12. The summed E-state index contributed by atoms with van der Waals surface area (Å²) >= 11 is 0. The lowest BCUT2D eigenvalue weighted by Crippen LogP contribution is -2.46. The summed E-state index contributed by atoms with van der Waals surface area (Å²) in [6.45, 7) is 11.7. The van der Waals surface area contributed by atoms with Gasteiger partial charge in [0.2, 0.25) is 0 Å². The van der Waals surface area contributed by atoms with Crippen LogP contribution in [0.25, 0.3) is 0 Å². The summed E-state index contributed by atoms with van der Waals surface area (Å²) in [5.74, 6) is -0.267. The van der Waals surface area contributed by atoms with E-state index in [4.69, 9.17) is 0 Å². The SMILES string of the molecule is C=C(C)C(=C)[C@]1(C)CCCN(O)C1=O. The Morgan fingerprint density at radius 2 is 2.14 bits per heavy atom. The van der Waals surface area contributed by atoms with Gasteiger partial charge in [-0.2, -0.15) is 0 Å². The standard InChI is InChI=1S/C11H17NO2/c1-8(2)9(3)11(4)6-5-7-12(14)10(11)13/h14H,1,3,5-7H2,2,4H3/t11-/m0/s1. The number of amides is 1. The number of nitrogens with zero attached hydrogens (tertiary/aromatic N) is 1. The maximum absolute atomic E-state index is 11.8. The Morgan fingerprint density at radius 1 is 1.57 bits per heavy atom. The van der Waals surface area contributed by atoms with Crippen LogP contribution in [0.1, 0.15) is 26.7 Å². The van der Waals surface area contributed by atoms with Crippen LogP contribution in [-0.2, 0) is 4.79 Å². The Morgan fingerprint density at radius 3 is 2.64 bits per heavy atom. The topological polar surface area (TPSA) is 40.5 Å². The van der Waals surface area contributed by atoms with Crippen LogP contribution in [0.5, 0.6) is 0 Å². The fourth-order valence-corrected chi connectivity index (χ4v) is 1.83. The summed E-state index contributed by atoms with van der Waals surface area (Å²) in [6, 6.07) is 0. The van der Waals surface area contributed by atoms with E-state index in [1.54, 1.807) is 0 Å². The van der Waals surface area contributed by atoms with E-state index in [1.165, 1.54) is 0 Å². The highest BCUT2D eigenvalue weighted by Gasteiger charge is 2.41. The van der Waals surface area contributed by atoms with Crippen molar-refractivity contribution >= 4 is 5.91 Å². The molecule has 0 aromatic heterocycles. The highest BCUT2D eigenvalue weighted by molar-refractivity contribution is 5.86. The van der Waals surface area contributed by atoms with Gasteiger partial charge in [0.15, 0.2) is 0 Å². The predicted octanol–water partition coefficient (Wildman–Crippen LogP) is 2.14. The van der Waals surface area contributed by atoms with E-state index < -0.39 is 5.41 Å². The molecule has 0 aromatic rings. The summed E-state index contributed by atoms with van der Waals surface area (Å²) in [5.41, 5.74) is 0.858. The Bertz CT molecular complexity index is 296. The van der Waals surface area contributed by atoms with Gasteiger partial charge in [0, 0.05) is 6.54 Å². The van der Waals surface area contributed by atoms with Crippen molar-refractivity contribution in [2.75, 3.05) is 6.54 Å². The van der Waals surface area contributed by atoms with Crippen molar-refractivity contribution < 1.29 is 10.0 Å². The Hall–Kier alpha value is -1.09. The molecule has 1 amide bonds. The van der Waals surface area contributed by atoms with Crippen molar-refractivity contribution in [2.24, 2.45) is 5.41 Å². The van der Waals surface area contributed by atoms with Gasteiger partial charge in [-0.25, -0.2) is 5.06 Å². The summed E-state index contributed by atoms with van der Waals surface area (Å²) < 4.78 is 0. The van der Waals surface area contributed by atoms with Gasteiger partial charge in [0.05, 0.1) is 5.41 Å². The highest BCUT2D eigenvalue weighted by Crippen LogP contribution is 2.39. The molecule has 14 heavy (non-hydrogen) atoms. The molecule has 0 aromatic carbocycles. The van der Waals surface area contributed by atoms with Crippen LogP contribution < -0.4 is 0 Å². The first-order valence-electron chi connectivity index (χ1n) is 4.75. The lowest BCUT2D eigenvalue weighted by molar-refractivity contribution is -0.181. The van der Waals surface area contributed by atoms with Crippen molar-refractivity contribution in [2.45, 2.75) is 26.7 Å². The molecule has 0 unspecified atom stereocenters. The van der Waals surface area contributed by atoms with Gasteiger partial charge in [-0.3, -0.25) is 10.0 Å². The minimum atomic E-state index is -0.668. The smallest absolute Gasteiger partial charge is 0.256 e. The lowest BCUT2D eigenvalue weighted by Gasteiger charge is -2.37. The van der Waals surface area contributed by atoms with Gasteiger partial charge in [-0.05, 0) is 32.3 Å². The molecule has 0 spiro atoms. The van der Waals surface area contributed by atoms with Crippen molar-refractivity contribution in [1.82, 2.24) is 5.06 Å². The minimum absolute atomic E-state index is 0.267. The van der Waals surface area contributed by atoms with Crippen molar-refractivity contribution in [3.8, 4) is 0 Å². The van der Waals surface area contributed by atoms with Gasteiger partial charge in [0.25, 0.3) is 5.91 Å². The monoisotopic (exact) mass is 195 g/mol. The molecule has 1 atom stereocenters. The third-order valence-corrected chi connectivity index (χ3v) is 2.93. The van der Waals surface area contributed by atoms with Gasteiger partial charge in [-0.1, -0.05) is 18.7 Å². The van der Waals surface area contributed by atoms with E-state index in [-0.39, 0.29) is 5.91 Å². The third-order valence-electron chi connectivity index (χ3n) is 2.93. The van der Waals surface area contributed by atoms with Crippen LogP contribution in [-0.4, -0.2) is 22.7 Å². The molecule has 1 fully saturated rings. The number of piperidine rings is 1. The zero-order valence-corrected chi connectivity index (χ0v) is 8.84. The molecule has 0 aliphatic carbocycles. The number of hydroxylamine groups is 2. The summed E-state index contributed by atoms with van der Waals surface area (Å²) in [4.78, 5) is 11.8. The summed E-state index contributed by atoms with van der Waals surface area (Å²) in [6.07, 6.45) is 1.53. The van der Waals surface area contributed by atoms with Crippen molar-refractivity contribution in [1.29, 1.82) is 0 Å². The molecule has 3 heteroatoms. The molecule has 1 heterocycles. The summed E-state index contributed by atoms with van der Waals surface area (Å²) in [7, 11) is 0. The lowest BCUT2D eigenvalue weighted by atomic mass is 9.73. The van der Waals surface area contributed by atoms with Crippen LogP contribution in [0.4, 0.5) is 0 Å². The number of allylic oxidation sites excluding steroid dienone is 1. The molecule has 1 rings (SSSR count). The molecular weight excluding hydrogens is 178 g/mol. The molecular formula is C11H17NO2. The van der Waals surface area contributed by atoms with E-state index in [1.807, 2.05) is 13.8 Å². The molecule has 78 valence electrons. The highest BCUT2D eigenvalue weighted by atomic mass is 16.5. The molecule has 1 aliphatic rings. The number of hydrogen-bond acceptors (Lipinski definition) is 2. The quantitative estimate of drug-likeness (QED) is 0.541. The van der Waals surface area contributed by atoms with E-state index in [0.29, 0.717) is 6.54 Å². The van der Waals surface area contributed by atoms with Crippen LogP contribution in [0.3, 0.4) is 0 Å². The van der Waals surface area contributed by atoms with Crippen LogP contribution in [0, 0.1) is 5.41 Å². The Labute approximate surface area is 84.7 Å². The van der Waals surface area contributed by atoms with Crippen molar-refractivity contribution in [3.63, 3.8) is 0 Å². The fourth-order valence-electron chi connectivity index (χ4n) is 1.83. The average Bonchev–Trinajstić information content (AvgIpc) is 2.12. The zero-order valence-electron chi connectivity index (χ0n) is 8.84. The number of rotatable bonds is 2. The van der Waals surface area contributed by atoms with Crippen LogP contribution in [0.2, 0.25) is 0 Å². The van der Waals surface area contributed by atoms with Gasteiger partial charge in [-0.15, -0.1) is 0 Å². The predicted molar refractivity (Wildman–Crippen MR) is 54.8 cm³/mol. The molecule has 1 aliphatic heterocycles. The van der Waals surface area contributed by atoms with E-state index in [0.717, 1.165) is 29.1 Å². The molecule has 3 nitrogen and oxygen atoms in total. The maximum Gasteiger partial charge on any atom is 0.256 e. The largest absolute Gasteiger partial charge is 0.286 e. The minimum Gasteiger partial charge on any atom is -0.286 e. The van der Waals surface area contributed by atoms with E-state index in [9.17, 15) is 10.0 Å². The molecule has 0 radical (unpaired) electrons. The van der Waals surface area contributed by atoms with Gasteiger partial charge >= 0.3 is 0 Å². The molecule has 0 bridgehead atoms. The number of hydrogen-bond donors (Lipinski definition) is 1. The second-order valence-corrected chi connectivity index (χ2v) is 4.12. The van der Waals surface area contributed by atoms with Gasteiger partial charge in [0.1, 0.15) is 0 Å². The first kappa shape index (κ1) is 11.0. The average molecular weight is 195 g/mol. The number of carbonyl (C=O) groups excluding carboxylic acids is 1. The normalized spacial score (nSPS) is 27.6. The van der Waals surface area contributed by atoms with Crippen LogP contribution in [0.15, 0.2) is 24.3 Å². The first-order chi connectivity index (χ1) is 6.39. The van der Waals surface area contributed by atoms with E-state index >= 15 is 0 Å². The Kier molecular flexibility index (Phi) is 2.81. The van der Waals surface area contributed by atoms with E-state index in [2.05, 4.69) is 13.2 Å². The number of carbonyl (C=O) groups is 1. The maximum atomic E-state index is 11.8. The molecule has 0 saturated carbocycles. The fraction of sp³-hybridized carbons (Fsp3) is 0.545.